The average Bonchev–Trinajstić information content (AvgIpc) is 2.95. The van der Waals surface area contributed by atoms with Crippen LogP contribution in [0.5, 0.6) is 0 Å². The van der Waals surface area contributed by atoms with Gasteiger partial charge in [0.1, 0.15) is 0 Å². The average molecular weight is 337 g/mol. The zero-order valence-electron chi connectivity index (χ0n) is 12.4. The summed E-state index contributed by atoms with van der Waals surface area (Å²) in [6.07, 6.45) is 0. The summed E-state index contributed by atoms with van der Waals surface area (Å²) in [5.74, 6) is -0.402. The van der Waals surface area contributed by atoms with Crippen LogP contribution < -0.4 is 5.32 Å². The summed E-state index contributed by atoms with van der Waals surface area (Å²) in [6.45, 7) is 3.95. The highest BCUT2D eigenvalue weighted by Gasteiger charge is 2.12. The molecule has 0 aliphatic rings. The molecular formula is C14H15N3O3S2. The van der Waals surface area contributed by atoms with E-state index in [0.717, 1.165) is 11.1 Å². The minimum Gasteiger partial charge on any atom is -0.468 e. The summed E-state index contributed by atoms with van der Waals surface area (Å²) in [7, 11) is 1.33. The van der Waals surface area contributed by atoms with Crippen LogP contribution in [0.15, 0.2) is 22.5 Å². The lowest BCUT2D eigenvalue weighted by Crippen LogP contribution is -2.12. The van der Waals surface area contributed by atoms with E-state index in [4.69, 9.17) is 0 Å². The van der Waals surface area contributed by atoms with Gasteiger partial charge in [0, 0.05) is 5.56 Å². The number of amides is 1. The lowest BCUT2D eigenvalue weighted by Gasteiger charge is -2.04. The molecule has 0 saturated carbocycles. The number of nitrogens with zero attached hydrogens (tertiary/aromatic N) is 2. The molecule has 8 heteroatoms. The van der Waals surface area contributed by atoms with E-state index < -0.39 is 0 Å². The molecule has 22 heavy (non-hydrogen) atoms. The van der Waals surface area contributed by atoms with Crippen LogP contribution in [0.25, 0.3) is 0 Å². The van der Waals surface area contributed by atoms with Gasteiger partial charge >= 0.3 is 5.97 Å². The van der Waals surface area contributed by atoms with Crippen LogP contribution in [0.4, 0.5) is 5.13 Å². The maximum atomic E-state index is 12.1. The first-order valence-electron chi connectivity index (χ1n) is 6.41. The predicted octanol–water partition coefficient (Wildman–Crippen LogP) is 2.67. The highest BCUT2D eigenvalue weighted by Crippen LogP contribution is 2.25. The third-order valence-electron chi connectivity index (χ3n) is 2.94. The van der Waals surface area contributed by atoms with Crippen LogP contribution >= 0.6 is 23.1 Å². The molecule has 6 nitrogen and oxygen atoms in total. The topological polar surface area (TPSA) is 81.2 Å². The first-order chi connectivity index (χ1) is 10.5. The van der Waals surface area contributed by atoms with Crippen molar-refractivity contribution in [1.82, 2.24) is 10.2 Å². The zero-order chi connectivity index (χ0) is 16.1. The van der Waals surface area contributed by atoms with Crippen molar-refractivity contribution < 1.29 is 14.3 Å². The molecule has 0 unspecified atom stereocenters. The van der Waals surface area contributed by atoms with E-state index in [2.05, 4.69) is 20.3 Å². The number of methoxy groups -OCH3 is 1. The van der Waals surface area contributed by atoms with Crippen molar-refractivity contribution in [1.29, 1.82) is 0 Å². The fourth-order valence-electron chi connectivity index (χ4n) is 1.55. The van der Waals surface area contributed by atoms with Crippen molar-refractivity contribution in [3.8, 4) is 0 Å². The van der Waals surface area contributed by atoms with Crippen LogP contribution in [0, 0.1) is 13.8 Å². The highest BCUT2D eigenvalue weighted by molar-refractivity contribution is 8.01. The summed E-state index contributed by atoms with van der Waals surface area (Å²) in [6, 6.07) is 5.51. The van der Waals surface area contributed by atoms with Gasteiger partial charge in [-0.3, -0.25) is 14.9 Å². The quantitative estimate of drug-likeness (QED) is 0.513. The largest absolute Gasteiger partial charge is 0.468 e. The van der Waals surface area contributed by atoms with E-state index in [1.54, 1.807) is 6.07 Å². The Hall–Kier alpha value is -1.93. The van der Waals surface area contributed by atoms with Gasteiger partial charge in [-0.2, -0.15) is 0 Å². The number of hydrogen-bond donors (Lipinski definition) is 1. The molecule has 0 aliphatic carbocycles. The van der Waals surface area contributed by atoms with Crippen molar-refractivity contribution in [2.24, 2.45) is 0 Å². The van der Waals surface area contributed by atoms with Crippen molar-refractivity contribution in [3.63, 3.8) is 0 Å². The fourth-order valence-corrected chi connectivity index (χ4v) is 3.13. The van der Waals surface area contributed by atoms with E-state index >= 15 is 0 Å². The first kappa shape index (κ1) is 16.4. The molecule has 0 aliphatic heterocycles. The highest BCUT2D eigenvalue weighted by atomic mass is 32.2. The number of hydrogen-bond acceptors (Lipinski definition) is 7. The minimum atomic E-state index is -0.332. The lowest BCUT2D eigenvalue weighted by molar-refractivity contribution is -0.137. The number of benzene rings is 1. The maximum absolute atomic E-state index is 12.1. The smallest absolute Gasteiger partial charge is 0.316 e. The van der Waals surface area contributed by atoms with Crippen LogP contribution in [0.1, 0.15) is 21.5 Å². The zero-order valence-corrected chi connectivity index (χ0v) is 14.0. The van der Waals surface area contributed by atoms with E-state index in [9.17, 15) is 9.59 Å². The monoisotopic (exact) mass is 337 g/mol. The summed E-state index contributed by atoms with van der Waals surface area (Å²) < 4.78 is 5.15. The molecule has 1 heterocycles. The number of rotatable bonds is 5. The van der Waals surface area contributed by atoms with Gasteiger partial charge in [-0.15, -0.1) is 10.2 Å². The fraction of sp³-hybridized carbons (Fsp3) is 0.286. The number of esters is 1. The van der Waals surface area contributed by atoms with Gasteiger partial charge in [-0.05, 0) is 37.1 Å². The van der Waals surface area contributed by atoms with Gasteiger partial charge in [-0.1, -0.05) is 29.2 Å². The van der Waals surface area contributed by atoms with Crippen molar-refractivity contribution >= 4 is 40.1 Å². The van der Waals surface area contributed by atoms with Crippen LogP contribution in [0.3, 0.4) is 0 Å². The normalized spacial score (nSPS) is 10.3. The Morgan fingerprint density at radius 1 is 1.27 bits per heavy atom. The summed E-state index contributed by atoms with van der Waals surface area (Å²) >= 11 is 2.44. The van der Waals surface area contributed by atoms with E-state index in [1.807, 2.05) is 26.0 Å². The number of anilines is 1. The predicted molar refractivity (Wildman–Crippen MR) is 86.5 cm³/mol. The molecule has 1 aromatic heterocycles. The Bertz CT molecular complexity index is 700. The van der Waals surface area contributed by atoms with Gasteiger partial charge in [0.2, 0.25) is 5.13 Å². The van der Waals surface area contributed by atoms with Crippen molar-refractivity contribution in [2.75, 3.05) is 18.2 Å². The molecule has 0 atom stereocenters. The van der Waals surface area contributed by atoms with E-state index in [1.165, 1.54) is 30.2 Å². The standard InChI is InChI=1S/C14H15N3O3S2/c1-8-4-5-10(6-9(8)2)12(19)15-13-16-17-14(22-13)21-7-11(18)20-3/h4-6H,7H2,1-3H3,(H,15,16,19). The summed E-state index contributed by atoms with van der Waals surface area (Å²) in [5, 5.41) is 10.9. The molecule has 116 valence electrons. The number of aryl methyl sites for hydroxylation is 2. The molecule has 0 saturated heterocycles. The number of thioether (sulfide) groups is 1. The van der Waals surface area contributed by atoms with Crippen LogP contribution in [-0.4, -0.2) is 34.9 Å². The number of aromatic nitrogens is 2. The first-order valence-corrected chi connectivity index (χ1v) is 8.21. The Kier molecular flexibility index (Phi) is 5.51. The number of carbonyl (C=O) groups is 2. The SMILES string of the molecule is COC(=O)CSc1nnc(NC(=O)c2ccc(C)c(C)c2)s1. The number of nitrogens with one attached hydrogen (secondary N) is 1. The van der Waals surface area contributed by atoms with Gasteiger partial charge < -0.3 is 4.74 Å². The summed E-state index contributed by atoms with van der Waals surface area (Å²) in [5.41, 5.74) is 2.76. The third-order valence-corrected chi connectivity index (χ3v) is 4.88. The molecule has 1 N–H and O–H groups in total. The van der Waals surface area contributed by atoms with Crippen molar-refractivity contribution in [2.45, 2.75) is 18.2 Å². The molecule has 2 aromatic rings. The number of carbonyl (C=O) groups excluding carboxylic acids is 2. The Morgan fingerprint density at radius 2 is 2.05 bits per heavy atom. The Balaban J connectivity index is 1.98. The lowest BCUT2D eigenvalue weighted by atomic mass is 10.1. The molecule has 0 spiro atoms. The van der Waals surface area contributed by atoms with Crippen LogP contribution in [0.2, 0.25) is 0 Å². The summed E-state index contributed by atoms with van der Waals surface area (Å²) in [4.78, 5) is 23.2. The molecular weight excluding hydrogens is 322 g/mol. The van der Waals surface area contributed by atoms with Gasteiger partial charge in [0.05, 0.1) is 12.9 Å². The Morgan fingerprint density at radius 3 is 2.73 bits per heavy atom. The van der Waals surface area contributed by atoms with Crippen LogP contribution in [-0.2, 0) is 9.53 Å². The molecule has 0 radical (unpaired) electrons. The van der Waals surface area contributed by atoms with E-state index in [0.29, 0.717) is 15.0 Å². The molecule has 1 amide bonds. The Labute approximate surface area is 136 Å². The van der Waals surface area contributed by atoms with Crippen molar-refractivity contribution in [3.05, 3.63) is 34.9 Å². The van der Waals surface area contributed by atoms with Gasteiger partial charge in [0.15, 0.2) is 4.34 Å². The molecule has 0 fully saturated rings. The minimum absolute atomic E-state index is 0.163. The molecule has 0 bridgehead atoms. The molecule has 1 aromatic carbocycles. The number of ether oxygens (including phenoxy) is 1. The molecule has 2 rings (SSSR count). The second-order valence-electron chi connectivity index (χ2n) is 4.49. The second kappa shape index (κ2) is 7.37. The van der Waals surface area contributed by atoms with Gasteiger partial charge in [-0.25, -0.2) is 0 Å². The third kappa shape index (κ3) is 4.28. The second-order valence-corrected chi connectivity index (χ2v) is 6.69. The van der Waals surface area contributed by atoms with E-state index in [-0.39, 0.29) is 17.6 Å². The maximum Gasteiger partial charge on any atom is 0.316 e. The van der Waals surface area contributed by atoms with Gasteiger partial charge in [0.25, 0.3) is 5.91 Å².